The first-order chi connectivity index (χ1) is 7.08. The zero-order valence-electron chi connectivity index (χ0n) is 8.78. The molecular weight excluding hydrogens is 190 g/mol. The maximum atomic E-state index is 11.5. The Morgan fingerprint density at radius 1 is 1.33 bits per heavy atom. The van der Waals surface area contributed by atoms with Gasteiger partial charge in [-0.25, -0.2) is 4.79 Å². The van der Waals surface area contributed by atoms with Gasteiger partial charge < -0.3 is 10.2 Å². The summed E-state index contributed by atoms with van der Waals surface area (Å²) < 4.78 is 5.17. The Kier molecular flexibility index (Phi) is 2.32. The standard InChI is InChI=1S/C12H13NO2/c1-7-3-4-11-9(5-7)6-10(8(2)13)12(14)15-11/h3-6,8H,13H2,1-2H3. The van der Waals surface area contributed by atoms with Crippen LogP contribution in [0.2, 0.25) is 0 Å². The molecule has 1 aromatic carbocycles. The van der Waals surface area contributed by atoms with Crippen LogP contribution >= 0.6 is 0 Å². The van der Waals surface area contributed by atoms with E-state index in [1.54, 1.807) is 19.1 Å². The molecule has 15 heavy (non-hydrogen) atoms. The van der Waals surface area contributed by atoms with Gasteiger partial charge in [-0.2, -0.15) is 0 Å². The molecule has 2 rings (SSSR count). The molecule has 0 saturated carbocycles. The SMILES string of the molecule is Cc1ccc2oc(=O)c(C(C)N)cc2c1. The lowest BCUT2D eigenvalue weighted by molar-refractivity contribution is 0.542. The maximum absolute atomic E-state index is 11.5. The van der Waals surface area contributed by atoms with Crippen molar-refractivity contribution in [2.24, 2.45) is 5.73 Å². The van der Waals surface area contributed by atoms with Gasteiger partial charge in [-0.3, -0.25) is 0 Å². The van der Waals surface area contributed by atoms with Gasteiger partial charge in [0.05, 0.1) is 5.56 Å². The minimum absolute atomic E-state index is 0.300. The van der Waals surface area contributed by atoms with E-state index in [0.29, 0.717) is 11.1 Å². The highest BCUT2D eigenvalue weighted by molar-refractivity contribution is 5.77. The van der Waals surface area contributed by atoms with Crippen LogP contribution in [-0.4, -0.2) is 0 Å². The molecule has 0 spiro atoms. The predicted molar refractivity (Wildman–Crippen MR) is 59.8 cm³/mol. The van der Waals surface area contributed by atoms with Gasteiger partial charge in [-0.15, -0.1) is 0 Å². The normalized spacial score (nSPS) is 13.0. The van der Waals surface area contributed by atoms with Crippen molar-refractivity contribution < 1.29 is 4.42 Å². The summed E-state index contributed by atoms with van der Waals surface area (Å²) in [6, 6.07) is 7.20. The van der Waals surface area contributed by atoms with Crippen molar-refractivity contribution >= 4 is 11.0 Å². The molecule has 0 amide bonds. The van der Waals surface area contributed by atoms with Gasteiger partial charge in [-0.05, 0) is 32.0 Å². The summed E-state index contributed by atoms with van der Waals surface area (Å²) in [6.07, 6.45) is 0. The van der Waals surface area contributed by atoms with Crippen LogP contribution in [-0.2, 0) is 0 Å². The second-order valence-electron chi connectivity index (χ2n) is 3.82. The fourth-order valence-electron chi connectivity index (χ4n) is 1.58. The monoisotopic (exact) mass is 203 g/mol. The first-order valence-corrected chi connectivity index (χ1v) is 4.88. The molecule has 0 aliphatic carbocycles. The minimum atomic E-state index is -0.346. The van der Waals surface area contributed by atoms with Crippen molar-refractivity contribution in [3.05, 3.63) is 45.8 Å². The predicted octanol–water partition coefficient (Wildman–Crippen LogP) is 2.12. The fourth-order valence-corrected chi connectivity index (χ4v) is 1.58. The van der Waals surface area contributed by atoms with Gasteiger partial charge in [0.1, 0.15) is 5.58 Å². The van der Waals surface area contributed by atoms with E-state index < -0.39 is 0 Å². The van der Waals surface area contributed by atoms with E-state index in [0.717, 1.165) is 10.9 Å². The van der Waals surface area contributed by atoms with Crippen LogP contribution in [0.4, 0.5) is 0 Å². The van der Waals surface area contributed by atoms with Crippen LogP contribution in [0.15, 0.2) is 33.5 Å². The zero-order chi connectivity index (χ0) is 11.0. The molecule has 0 fully saturated rings. The molecule has 0 radical (unpaired) electrons. The Morgan fingerprint density at radius 2 is 2.07 bits per heavy atom. The van der Waals surface area contributed by atoms with Crippen molar-refractivity contribution in [3.8, 4) is 0 Å². The molecule has 0 saturated heterocycles. The van der Waals surface area contributed by atoms with Gasteiger partial charge in [0.15, 0.2) is 0 Å². The Balaban J connectivity index is 2.77. The largest absolute Gasteiger partial charge is 0.422 e. The van der Waals surface area contributed by atoms with Crippen molar-refractivity contribution in [1.82, 2.24) is 0 Å². The van der Waals surface area contributed by atoms with Crippen LogP contribution in [0.5, 0.6) is 0 Å². The lowest BCUT2D eigenvalue weighted by atomic mass is 10.1. The van der Waals surface area contributed by atoms with Gasteiger partial charge in [0.2, 0.25) is 0 Å². The third kappa shape index (κ3) is 1.78. The molecular formula is C12H13NO2. The average molecular weight is 203 g/mol. The Bertz CT molecular complexity index is 555. The topological polar surface area (TPSA) is 56.2 Å². The molecule has 78 valence electrons. The zero-order valence-corrected chi connectivity index (χ0v) is 8.78. The molecule has 1 unspecified atom stereocenters. The van der Waals surface area contributed by atoms with Crippen molar-refractivity contribution in [2.45, 2.75) is 19.9 Å². The van der Waals surface area contributed by atoms with Gasteiger partial charge in [-0.1, -0.05) is 11.6 Å². The number of rotatable bonds is 1. The van der Waals surface area contributed by atoms with Crippen molar-refractivity contribution in [2.75, 3.05) is 0 Å². The highest BCUT2D eigenvalue weighted by atomic mass is 16.4. The molecule has 0 aliphatic rings. The number of nitrogens with two attached hydrogens (primary N) is 1. The summed E-state index contributed by atoms with van der Waals surface area (Å²) in [7, 11) is 0. The van der Waals surface area contributed by atoms with Gasteiger partial charge >= 0.3 is 5.63 Å². The minimum Gasteiger partial charge on any atom is -0.422 e. The summed E-state index contributed by atoms with van der Waals surface area (Å²) in [5.41, 5.74) is 7.60. The second-order valence-corrected chi connectivity index (χ2v) is 3.82. The number of benzene rings is 1. The van der Waals surface area contributed by atoms with E-state index in [1.807, 2.05) is 19.1 Å². The van der Waals surface area contributed by atoms with E-state index in [4.69, 9.17) is 10.2 Å². The molecule has 2 N–H and O–H groups in total. The number of hydrogen-bond donors (Lipinski definition) is 1. The number of aryl methyl sites for hydroxylation is 1. The van der Waals surface area contributed by atoms with Crippen molar-refractivity contribution in [1.29, 1.82) is 0 Å². The Labute approximate surface area is 87.5 Å². The highest BCUT2D eigenvalue weighted by Gasteiger charge is 2.08. The van der Waals surface area contributed by atoms with Gasteiger partial charge in [0, 0.05) is 11.4 Å². The first-order valence-electron chi connectivity index (χ1n) is 4.88. The number of fused-ring (bicyclic) bond motifs is 1. The molecule has 2 aromatic rings. The third-order valence-corrected chi connectivity index (χ3v) is 2.41. The van der Waals surface area contributed by atoms with E-state index >= 15 is 0 Å². The van der Waals surface area contributed by atoms with Crippen molar-refractivity contribution in [3.63, 3.8) is 0 Å². The molecule has 1 aromatic heterocycles. The molecule has 1 heterocycles. The highest BCUT2D eigenvalue weighted by Crippen LogP contribution is 2.17. The van der Waals surface area contributed by atoms with Crippen LogP contribution < -0.4 is 11.4 Å². The summed E-state index contributed by atoms with van der Waals surface area (Å²) in [6.45, 7) is 3.77. The summed E-state index contributed by atoms with van der Waals surface area (Å²) >= 11 is 0. The van der Waals surface area contributed by atoms with Crippen LogP contribution in [0.25, 0.3) is 11.0 Å². The van der Waals surface area contributed by atoms with E-state index in [1.165, 1.54) is 0 Å². The molecule has 0 bridgehead atoms. The fraction of sp³-hybridized carbons (Fsp3) is 0.250. The summed E-state index contributed by atoms with van der Waals surface area (Å²) in [5.74, 6) is 0. The molecule has 1 atom stereocenters. The molecule has 0 aliphatic heterocycles. The average Bonchev–Trinajstić information content (AvgIpc) is 2.17. The Morgan fingerprint density at radius 3 is 2.73 bits per heavy atom. The maximum Gasteiger partial charge on any atom is 0.341 e. The third-order valence-electron chi connectivity index (χ3n) is 2.41. The molecule has 3 nitrogen and oxygen atoms in total. The van der Waals surface area contributed by atoms with Crippen LogP contribution in [0.3, 0.4) is 0 Å². The van der Waals surface area contributed by atoms with E-state index in [2.05, 4.69) is 0 Å². The lowest BCUT2D eigenvalue weighted by Crippen LogP contribution is -2.16. The first kappa shape index (κ1) is 9.93. The number of hydrogen-bond acceptors (Lipinski definition) is 3. The Hall–Kier alpha value is -1.61. The molecule has 3 heteroatoms. The smallest absolute Gasteiger partial charge is 0.341 e. The van der Waals surface area contributed by atoms with Crippen LogP contribution in [0.1, 0.15) is 24.1 Å². The quantitative estimate of drug-likeness (QED) is 0.722. The van der Waals surface area contributed by atoms with E-state index in [9.17, 15) is 4.79 Å². The second kappa shape index (κ2) is 3.51. The van der Waals surface area contributed by atoms with Crippen LogP contribution in [0, 0.1) is 6.92 Å². The summed E-state index contributed by atoms with van der Waals surface area (Å²) in [5, 5.41) is 0.918. The lowest BCUT2D eigenvalue weighted by Gasteiger charge is -2.05. The van der Waals surface area contributed by atoms with E-state index in [-0.39, 0.29) is 11.7 Å². The summed E-state index contributed by atoms with van der Waals surface area (Å²) in [4.78, 5) is 11.5. The van der Waals surface area contributed by atoms with Gasteiger partial charge in [0.25, 0.3) is 0 Å².